The van der Waals surface area contributed by atoms with E-state index >= 15 is 0 Å². The van der Waals surface area contributed by atoms with Crippen molar-refractivity contribution in [2.45, 2.75) is 19.6 Å². The number of carbonyl (C=O) groups excluding carboxylic acids is 2. The summed E-state index contributed by atoms with van der Waals surface area (Å²) in [7, 11) is 0. The van der Waals surface area contributed by atoms with Gasteiger partial charge in [-0.15, -0.1) is 0 Å². The molecule has 0 unspecified atom stereocenters. The molecule has 194 valence electrons. The molecule has 3 heterocycles. The minimum absolute atomic E-state index is 0.0551. The molecule has 11 nitrogen and oxygen atoms in total. The molecule has 0 bridgehead atoms. The molecule has 12 heteroatoms. The summed E-state index contributed by atoms with van der Waals surface area (Å²) < 4.78 is 16.3. The Morgan fingerprint density at radius 2 is 2.03 bits per heavy atom. The van der Waals surface area contributed by atoms with E-state index < -0.39 is 18.0 Å². The number of hydrogen-bond acceptors (Lipinski definition) is 9. The number of ether oxygens (including phenoxy) is 3. The van der Waals surface area contributed by atoms with Crippen molar-refractivity contribution in [2.75, 3.05) is 23.8 Å². The van der Waals surface area contributed by atoms with E-state index in [1.54, 1.807) is 30.5 Å². The summed E-state index contributed by atoms with van der Waals surface area (Å²) in [5.74, 6) is 1.00. The van der Waals surface area contributed by atoms with Crippen molar-refractivity contribution in [1.82, 2.24) is 20.3 Å². The Bertz CT molecular complexity index is 1490. The smallest absolute Gasteiger partial charge is 0.407 e. The number of nitrogens with one attached hydrogen (secondary N) is 3. The lowest BCUT2D eigenvalue weighted by Gasteiger charge is -2.16. The highest BCUT2D eigenvalue weighted by atomic mass is 35.5. The molecule has 38 heavy (non-hydrogen) atoms. The van der Waals surface area contributed by atoms with Crippen LogP contribution in [0.5, 0.6) is 11.5 Å². The number of fused-ring (bicyclic) bond motifs is 1. The molecule has 5 rings (SSSR count). The molecular weight excluding hydrogens is 512 g/mol. The molecule has 2 aromatic carbocycles. The topological polar surface area (TPSA) is 137 Å². The van der Waals surface area contributed by atoms with Gasteiger partial charge < -0.3 is 30.2 Å². The molecule has 2 amide bonds. The molecule has 1 aliphatic rings. The van der Waals surface area contributed by atoms with Crippen molar-refractivity contribution >= 4 is 51.7 Å². The first kappa shape index (κ1) is 25.0. The highest BCUT2D eigenvalue weighted by Gasteiger charge is 2.29. The number of carbonyl (C=O) groups is 2. The highest BCUT2D eigenvalue weighted by molar-refractivity contribution is 6.32. The second kappa shape index (κ2) is 11.2. The van der Waals surface area contributed by atoms with Gasteiger partial charge in [-0.2, -0.15) is 0 Å². The number of amides is 2. The van der Waals surface area contributed by atoms with E-state index in [4.69, 9.17) is 25.8 Å². The molecule has 0 radical (unpaired) electrons. The first-order valence-corrected chi connectivity index (χ1v) is 12.1. The Labute approximate surface area is 222 Å². The van der Waals surface area contributed by atoms with Crippen LogP contribution in [0.25, 0.3) is 10.9 Å². The molecule has 1 atom stereocenters. The van der Waals surface area contributed by atoms with Crippen molar-refractivity contribution in [2.24, 2.45) is 0 Å². The maximum absolute atomic E-state index is 12.7. The van der Waals surface area contributed by atoms with Crippen LogP contribution >= 0.6 is 11.6 Å². The standard InChI is InChI=1S/C26H23ClN6O5/c1-2-36-23-11-19-17(10-20(23)32-25(34)21-13-38-26(35)33-21)24(30-14-29-19)31-15-6-7-22(18(27)9-15)37-12-16-5-3-4-8-28-16/h3-11,14,21H,2,12-13H2,1H3,(H,32,34)(H,33,35)(H,29,30,31)/t21-/m0/s1. The van der Waals surface area contributed by atoms with Crippen LogP contribution < -0.4 is 25.4 Å². The van der Waals surface area contributed by atoms with Crippen LogP contribution in [0.4, 0.5) is 22.0 Å². The zero-order valence-corrected chi connectivity index (χ0v) is 21.0. The molecule has 0 aliphatic carbocycles. The second-order valence-corrected chi connectivity index (χ2v) is 8.59. The predicted octanol–water partition coefficient (Wildman–Crippen LogP) is 4.45. The normalized spacial score (nSPS) is 14.5. The SMILES string of the molecule is CCOc1cc2ncnc(Nc3ccc(OCc4ccccn4)c(Cl)c3)c2cc1NC(=O)[C@@H]1COC(=O)N1. The summed E-state index contributed by atoms with van der Waals surface area (Å²) in [4.78, 5) is 37.0. The van der Waals surface area contributed by atoms with Crippen LogP contribution in [0.2, 0.25) is 5.02 Å². The van der Waals surface area contributed by atoms with E-state index in [1.807, 2.05) is 31.2 Å². The molecule has 1 fully saturated rings. The number of anilines is 3. The number of alkyl carbamates (subject to hydrolysis) is 1. The van der Waals surface area contributed by atoms with Crippen LogP contribution in [0.3, 0.4) is 0 Å². The van der Waals surface area contributed by atoms with E-state index in [0.717, 1.165) is 5.69 Å². The van der Waals surface area contributed by atoms with E-state index in [-0.39, 0.29) is 13.2 Å². The molecule has 3 N–H and O–H groups in total. The fourth-order valence-corrected chi connectivity index (χ4v) is 4.00. The lowest BCUT2D eigenvalue weighted by Crippen LogP contribution is -2.38. The Morgan fingerprint density at radius 3 is 2.76 bits per heavy atom. The molecular formula is C26H23ClN6O5. The molecule has 0 spiro atoms. The van der Waals surface area contributed by atoms with Gasteiger partial charge in [0, 0.05) is 23.3 Å². The summed E-state index contributed by atoms with van der Waals surface area (Å²) in [6.07, 6.45) is 2.49. The number of benzene rings is 2. The predicted molar refractivity (Wildman–Crippen MR) is 141 cm³/mol. The van der Waals surface area contributed by atoms with Crippen LogP contribution in [0, 0.1) is 0 Å². The van der Waals surface area contributed by atoms with Gasteiger partial charge in [-0.25, -0.2) is 14.8 Å². The zero-order chi connectivity index (χ0) is 26.5. The number of rotatable bonds is 9. The van der Waals surface area contributed by atoms with Crippen molar-refractivity contribution in [3.8, 4) is 11.5 Å². The number of aromatic nitrogens is 3. The van der Waals surface area contributed by atoms with Gasteiger partial charge in [0.2, 0.25) is 0 Å². The van der Waals surface area contributed by atoms with Crippen LogP contribution in [0.1, 0.15) is 12.6 Å². The summed E-state index contributed by atoms with van der Waals surface area (Å²) in [6, 6.07) is 13.5. The summed E-state index contributed by atoms with van der Waals surface area (Å²) >= 11 is 6.47. The number of hydrogen-bond donors (Lipinski definition) is 3. The monoisotopic (exact) mass is 534 g/mol. The average Bonchev–Trinajstić information content (AvgIpc) is 3.36. The third-order valence-corrected chi connectivity index (χ3v) is 5.88. The van der Waals surface area contributed by atoms with Crippen molar-refractivity contribution in [3.63, 3.8) is 0 Å². The number of halogens is 1. The quantitative estimate of drug-likeness (QED) is 0.284. The van der Waals surface area contributed by atoms with Gasteiger partial charge in [0.1, 0.15) is 42.9 Å². The number of pyridine rings is 1. The lowest BCUT2D eigenvalue weighted by atomic mass is 10.1. The largest absolute Gasteiger partial charge is 0.492 e. The van der Waals surface area contributed by atoms with Gasteiger partial charge in [-0.05, 0) is 43.3 Å². The fourth-order valence-electron chi connectivity index (χ4n) is 3.77. The second-order valence-electron chi connectivity index (χ2n) is 8.19. The third-order valence-electron chi connectivity index (χ3n) is 5.58. The molecule has 1 aliphatic heterocycles. The van der Waals surface area contributed by atoms with Crippen molar-refractivity contribution < 1.29 is 23.8 Å². The van der Waals surface area contributed by atoms with Crippen LogP contribution in [-0.2, 0) is 16.1 Å². The van der Waals surface area contributed by atoms with Gasteiger partial charge in [0.25, 0.3) is 5.91 Å². The maximum atomic E-state index is 12.7. The highest BCUT2D eigenvalue weighted by Crippen LogP contribution is 2.35. The third kappa shape index (κ3) is 5.68. The summed E-state index contributed by atoms with van der Waals surface area (Å²) in [5, 5.41) is 9.55. The Kier molecular flexibility index (Phi) is 7.36. The fraction of sp³-hybridized carbons (Fsp3) is 0.192. The van der Waals surface area contributed by atoms with Crippen molar-refractivity contribution in [3.05, 3.63) is 71.8 Å². The lowest BCUT2D eigenvalue weighted by molar-refractivity contribution is -0.117. The first-order chi connectivity index (χ1) is 18.5. The Balaban J connectivity index is 1.38. The maximum Gasteiger partial charge on any atom is 0.407 e. The first-order valence-electron chi connectivity index (χ1n) is 11.7. The molecule has 0 saturated carbocycles. The zero-order valence-electron chi connectivity index (χ0n) is 20.2. The Hall–Kier alpha value is -4.64. The van der Waals surface area contributed by atoms with E-state index in [1.165, 1.54) is 6.33 Å². The summed E-state index contributed by atoms with van der Waals surface area (Å²) in [5.41, 5.74) is 2.46. The van der Waals surface area contributed by atoms with Crippen LogP contribution in [0.15, 0.2) is 61.1 Å². The van der Waals surface area contributed by atoms with E-state index in [2.05, 4.69) is 30.9 Å². The van der Waals surface area contributed by atoms with Gasteiger partial charge in [0.05, 0.1) is 28.5 Å². The summed E-state index contributed by atoms with van der Waals surface area (Å²) in [6.45, 7) is 2.44. The van der Waals surface area contributed by atoms with Crippen molar-refractivity contribution in [1.29, 1.82) is 0 Å². The molecule has 4 aromatic rings. The minimum Gasteiger partial charge on any atom is -0.492 e. The molecule has 2 aromatic heterocycles. The number of nitrogens with zero attached hydrogens (tertiary/aromatic N) is 3. The van der Waals surface area contributed by atoms with Gasteiger partial charge >= 0.3 is 6.09 Å². The van der Waals surface area contributed by atoms with E-state index in [0.29, 0.717) is 51.2 Å². The Morgan fingerprint density at radius 1 is 1.13 bits per heavy atom. The van der Waals surface area contributed by atoms with Gasteiger partial charge in [0.15, 0.2) is 0 Å². The number of cyclic esters (lactones) is 1. The minimum atomic E-state index is -0.808. The van der Waals surface area contributed by atoms with Gasteiger partial charge in [-0.3, -0.25) is 9.78 Å². The average molecular weight is 535 g/mol. The van der Waals surface area contributed by atoms with Crippen LogP contribution in [-0.4, -0.2) is 46.2 Å². The van der Waals surface area contributed by atoms with Gasteiger partial charge in [-0.1, -0.05) is 17.7 Å². The molecule has 1 saturated heterocycles. The van der Waals surface area contributed by atoms with E-state index in [9.17, 15) is 9.59 Å².